The number of carboxylic acid groups (broad SMARTS) is 1. The van der Waals surface area contributed by atoms with Crippen LogP contribution in [0.25, 0.3) is 0 Å². The minimum absolute atomic E-state index is 0.106. The van der Waals surface area contributed by atoms with Crippen LogP contribution in [0.3, 0.4) is 0 Å². The number of hydrogen-bond acceptors (Lipinski definition) is 3. The summed E-state index contributed by atoms with van der Waals surface area (Å²) < 4.78 is 5.46. The van der Waals surface area contributed by atoms with Crippen molar-refractivity contribution in [2.45, 2.75) is 44.6 Å². The highest BCUT2D eigenvalue weighted by Gasteiger charge is 2.27. The summed E-state index contributed by atoms with van der Waals surface area (Å²) in [6, 6.07) is 0. The zero-order valence-electron chi connectivity index (χ0n) is 10.6. The summed E-state index contributed by atoms with van der Waals surface area (Å²) in [7, 11) is 0. The van der Waals surface area contributed by atoms with Gasteiger partial charge in [0.05, 0.1) is 12.5 Å². The van der Waals surface area contributed by atoms with Crippen LogP contribution < -0.4 is 0 Å². The van der Waals surface area contributed by atoms with E-state index in [2.05, 4.69) is 0 Å². The highest BCUT2D eigenvalue weighted by molar-refractivity contribution is 5.76. The van der Waals surface area contributed by atoms with Crippen LogP contribution in [0.15, 0.2) is 0 Å². The number of hydrogen-bond donors (Lipinski definition) is 1. The molecule has 1 N–H and O–H groups in total. The van der Waals surface area contributed by atoms with Gasteiger partial charge in [0.1, 0.15) is 0 Å². The fourth-order valence-corrected chi connectivity index (χ4v) is 2.76. The Hall–Kier alpha value is -1.10. The number of carbonyl (C=O) groups is 2. The molecule has 1 amide bonds. The lowest BCUT2D eigenvalue weighted by atomic mass is 9.93. The molecule has 0 aromatic rings. The van der Waals surface area contributed by atoms with Crippen molar-refractivity contribution < 1.29 is 19.4 Å². The maximum atomic E-state index is 12.0. The average Bonchev–Trinajstić information content (AvgIpc) is 2.82. The molecule has 5 nitrogen and oxygen atoms in total. The zero-order chi connectivity index (χ0) is 13.0. The van der Waals surface area contributed by atoms with Crippen molar-refractivity contribution in [3.8, 4) is 0 Å². The Bertz CT molecular complexity index is 304. The lowest BCUT2D eigenvalue weighted by Crippen LogP contribution is -2.40. The van der Waals surface area contributed by atoms with Gasteiger partial charge in [0.2, 0.25) is 5.91 Å². The second-order valence-corrected chi connectivity index (χ2v) is 5.26. The number of aliphatic carboxylic acids is 1. The van der Waals surface area contributed by atoms with Crippen LogP contribution in [0, 0.1) is 5.92 Å². The van der Waals surface area contributed by atoms with Crippen LogP contribution in [0.4, 0.5) is 0 Å². The molecule has 0 bridgehead atoms. The number of carbonyl (C=O) groups excluding carboxylic acids is 1. The predicted octanol–water partition coefficient (Wildman–Crippen LogP) is 1.27. The zero-order valence-corrected chi connectivity index (χ0v) is 10.6. The SMILES string of the molecule is O=C(O)CC1CCN(C(=O)CC2CCCO2)CC1. The second-order valence-electron chi connectivity index (χ2n) is 5.26. The van der Waals surface area contributed by atoms with E-state index in [9.17, 15) is 9.59 Å². The summed E-state index contributed by atoms with van der Waals surface area (Å²) in [5.41, 5.74) is 0. The molecule has 0 radical (unpaired) electrons. The standard InChI is InChI=1S/C13H21NO4/c15-12(9-11-2-1-7-18-11)14-5-3-10(4-6-14)8-13(16)17/h10-11H,1-9H2,(H,16,17). The molecule has 2 heterocycles. The predicted molar refractivity (Wildman–Crippen MR) is 65.1 cm³/mol. The quantitative estimate of drug-likeness (QED) is 0.821. The third kappa shape index (κ3) is 3.70. The molecule has 18 heavy (non-hydrogen) atoms. The van der Waals surface area contributed by atoms with E-state index in [0.29, 0.717) is 19.5 Å². The molecule has 0 saturated carbocycles. The van der Waals surface area contributed by atoms with E-state index in [1.165, 1.54) is 0 Å². The van der Waals surface area contributed by atoms with Crippen molar-refractivity contribution in [2.75, 3.05) is 19.7 Å². The van der Waals surface area contributed by atoms with Gasteiger partial charge in [-0.2, -0.15) is 0 Å². The topological polar surface area (TPSA) is 66.8 Å². The van der Waals surface area contributed by atoms with Crippen LogP contribution in [0.5, 0.6) is 0 Å². The van der Waals surface area contributed by atoms with Crippen LogP contribution in [0.1, 0.15) is 38.5 Å². The highest BCUT2D eigenvalue weighted by Crippen LogP contribution is 2.22. The summed E-state index contributed by atoms with van der Waals surface area (Å²) in [6.07, 6.45) is 4.49. The number of rotatable bonds is 4. The molecule has 0 aliphatic carbocycles. The molecular weight excluding hydrogens is 234 g/mol. The van der Waals surface area contributed by atoms with E-state index in [0.717, 1.165) is 32.3 Å². The number of ether oxygens (including phenoxy) is 1. The van der Waals surface area contributed by atoms with Crippen LogP contribution in [-0.2, 0) is 14.3 Å². The Morgan fingerprint density at radius 1 is 1.17 bits per heavy atom. The second kappa shape index (κ2) is 6.18. The largest absolute Gasteiger partial charge is 0.481 e. The van der Waals surface area contributed by atoms with Crippen molar-refractivity contribution in [1.82, 2.24) is 4.90 Å². The van der Waals surface area contributed by atoms with Gasteiger partial charge in [-0.15, -0.1) is 0 Å². The van der Waals surface area contributed by atoms with Crippen LogP contribution >= 0.6 is 0 Å². The van der Waals surface area contributed by atoms with Gasteiger partial charge in [-0.25, -0.2) is 0 Å². The Kier molecular flexibility index (Phi) is 4.58. The van der Waals surface area contributed by atoms with Gasteiger partial charge >= 0.3 is 5.97 Å². The van der Waals surface area contributed by atoms with Gasteiger partial charge in [0, 0.05) is 26.1 Å². The molecule has 2 rings (SSSR count). The number of piperidine rings is 1. The molecule has 0 aromatic heterocycles. The minimum Gasteiger partial charge on any atom is -0.481 e. The minimum atomic E-state index is -0.737. The fraction of sp³-hybridized carbons (Fsp3) is 0.846. The molecular formula is C13H21NO4. The number of nitrogens with zero attached hydrogens (tertiary/aromatic N) is 1. The molecule has 2 fully saturated rings. The van der Waals surface area contributed by atoms with Gasteiger partial charge in [-0.1, -0.05) is 0 Å². The lowest BCUT2D eigenvalue weighted by Gasteiger charge is -2.32. The summed E-state index contributed by atoms with van der Waals surface area (Å²) in [5.74, 6) is -0.343. The maximum absolute atomic E-state index is 12.0. The molecule has 2 aliphatic heterocycles. The summed E-state index contributed by atoms with van der Waals surface area (Å²) >= 11 is 0. The van der Waals surface area contributed by atoms with E-state index in [4.69, 9.17) is 9.84 Å². The average molecular weight is 255 g/mol. The summed E-state index contributed by atoms with van der Waals surface area (Å²) in [6.45, 7) is 2.17. The van der Waals surface area contributed by atoms with E-state index < -0.39 is 5.97 Å². The smallest absolute Gasteiger partial charge is 0.303 e. The van der Waals surface area contributed by atoms with Gasteiger partial charge in [0.15, 0.2) is 0 Å². The first-order valence-electron chi connectivity index (χ1n) is 6.76. The molecule has 2 aliphatic rings. The van der Waals surface area contributed by atoms with Gasteiger partial charge < -0.3 is 14.7 Å². The van der Waals surface area contributed by atoms with Crippen molar-refractivity contribution in [2.24, 2.45) is 5.92 Å². The van der Waals surface area contributed by atoms with Crippen molar-refractivity contribution in [3.05, 3.63) is 0 Å². The molecule has 0 spiro atoms. The van der Waals surface area contributed by atoms with Gasteiger partial charge in [-0.05, 0) is 31.6 Å². The van der Waals surface area contributed by atoms with E-state index in [1.807, 2.05) is 4.90 Å². The fourth-order valence-electron chi connectivity index (χ4n) is 2.76. The molecule has 0 aromatic carbocycles. The van der Waals surface area contributed by atoms with Crippen molar-refractivity contribution in [3.63, 3.8) is 0 Å². The number of amides is 1. The monoisotopic (exact) mass is 255 g/mol. The third-order valence-electron chi connectivity index (χ3n) is 3.86. The maximum Gasteiger partial charge on any atom is 0.303 e. The van der Waals surface area contributed by atoms with Gasteiger partial charge in [-0.3, -0.25) is 9.59 Å². The first kappa shape index (κ1) is 13.3. The van der Waals surface area contributed by atoms with Crippen LogP contribution in [-0.4, -0.2) is 47.7 Å². The van der Waals surface area contributed by atoms with Gasteiger partial charge in [0.25, 0.3) is 0 Å². The summed E-state index contributed by atoms with van der Waals surface area (Å²) in [5, 5.41) is 8.73. The summed E-state index contributed by atoms with van der Waals surface area (Å²) in [4.78, 5) is 24.5. The van der Waals surface area contributed by atoms with Crippen molar-refractivity contribution >= 4 is 11.9 Å². The molecule has 2 saturated heterocycles. The molecule has 1 atom stereocenters. The Morgan fingerprint density at radius 3 is 2.44 bits per heavy atom. The molecule has 102 valence electrons. The first-order valence-corrected chi connectivity index (χ1v) is 6.76. The molecule has 1 unspecified atom stereocenters. The highest BCUT2D eigenvalue weighted by atomic mass is 16.5. The number of likely N-dealkylation sites (tertiary alicyclic amines) is 1. The number of carboxylic acids is 1. The Labute approximate surface area is 107 Å². The third-order valence-corrected chi connectivity index (χ3v) is 3.86. The normalized spacial score (nSPS) is 25.3. The first-order chi connectivity index (χ1) is 8.65. The van der Waals surface area contributed by atoms with E-state index in [1.54, 1.807) is 0 Å². The van der Waals surface area contributed by atoms with Crippen LogP contribution in [0.2, 0.25) is 0 Å². The Balaban J connectivity index is 1.71. The van der Waals surface area contributed by atoms with Crippen molar-refractivity contribution in [1.29, 1.82) is 0 Å². The Morgan fingerprint density at radius 2 is 1.89 bits per heavy atom. The lowest BCUT2D eigenvalue weighted by molar-refractivity contribution is -0.139. The van der Waals surface area contributed by atoms with E-state index >= 15 is 0 Å². The molecule has 5 heteroatoms. The van der Waals surface area contributed by atoms with E-state index in [-0.39, 0.29) is 24.3 Å².